The Hall–Kier alpha value is -2.29. The molecule has 0 spiro atoms. The van der Waals surface area contributed by atoms with Gasteiger partial charge in [0.25, 0.3) is 5.91 Å². The molecule has 0 fully saturated rings. The Morgan fingerprint density at radius 1 is 1.04 bits per heavy atom. The zero-order chi connectivity index (χ0) is 19.5. The van der Waals surface area contributed by atoms with E-state index in [2.05, 4.69) is 20.9 Å². The van der Waals surface area contributed by atoms with Crippen molar-refractivity contribution in [2.75, 3.05) is 26.7 Å². The minimum absolute atomic E-state index is 0. The number of carbonyl (C=O) groups excluding carboxylic acids is 1. The van der Waals surface area contributed by atoms with Gasteiger partial charge < -0.3 is 20.7 Å². The SMILES string of the molecule is CCOc1ccccc1CNC(=NC)NCCNC(=O)c1cccc(C)c1.I. The molecule has 0 aliphatic carbocycles. The lowest BCUT2D eigenvalue weighted by Crippen LogP contribution is -2.41. The maximum Gasteiger partial charge on any atom is 0.251 e. The van der Waals surface area contributed by atoms with E-state index >= 15 is 0 Å². The topological polar surface area (TPSA) is 74.8 Å². The van der Waals surface area contributed by atoms with Gasteiger partial charge in [-0.2, -0.15) is 0 Å². The molecule has 0 unspecified atom stereocenters. The smallest absolute Gasteiger partial charge is 0.251 e. The number of amides is 1. The number of aliphatic imine (C=N–C) groups is 1. The summed E-state index contributed by atoms with van der Waals surface area (Å²) in [6, 6.07) is 15.5. The molecule has 2 rings (SSSR count). The lowest BCUT2D eigenvalue weighted by Gasteiger charge is -2.14. The predicted octanol–water partition coefficient (Wildman–Crippen LogP) is 3.11. The second-order valence-electron chi connectivity index (χ2n) is 6.02. The lowest BCUT2D eigenvalue weighted by molar-refractivity contribution is 0.0954. The quantitative estimate of drug-likeness (QED) is 0.227. The molecule has 3 N–H and O–H groups in total. The number of benzene rings is 2. The summed E-state index contributed by atoms with van der Waals surface area (Å²) in [7, 11) is 1.72. The molecule has 0 bridgehead atoms. The monoisotopic (exact) mass is 496 g/mol. The molecular weight excluding hydrogens is 467 g/mol. The molecule has 0 aliphatic heterocycles. The highest BCUT2D eigenvalue weighted by Crippen LogP contribution is 2.17. The summed E-state index contributed by atoms with van der Waals surface area (Å²) in [5.74, 6) is 1.47. The lowest BCUT2D eigenvalue weighted by atomic mass is 10.1. The first-order valence-electron chi connectivity index (χ1n) is 9.14. The van der Waals surface area contributed by atoms with Crippen LogP contribution in [0, 0.1) is 6.92 Å². The Kier molecular flexibility index (Phi) is 11.0. The fourth-order valence-corrected chi connectivity index (χ4v) is 2.59. The number of ether oxygens (including phenoxy) is 1. The summed E-state index contributed by atoms with van der Waals surface area (Å²) in [5, 5.41) is 9.35. The number of hydrogen-bond donors (Lipinski definition) is 3. The third kappa shape index (κ3) is 7.75. The van der Waals surface area contributed by atoms with Crippen molar-refractivity contribution in [3.05, 3.63) is 65.2 Å². The van der Waals surface area contributed by atoms with Gasteiger partial charge in [0, 0.05) is 37.8 Å². The van der Waals surface area contributed by atoms with Gasteiger partial charge in [-0.25, -0.2) is 0 Å². The summed E-state index contributed by atoms with van der Waals surface area (Å²) in [4.78, 5) is 16.3. The van der Waals surface area contributed by atoms with Gasteiger partial charge in [-0.1, -0.05) is 35.9 Å². The standard InChI is InChI=1S/C21H28N4O2.HI/c1-4-27-19-11-6-5-9-18(19)15-25-21(22-3)24-13-12-23-20(26)17-10-7-8-16(2)14-17;/h5-11,14H,4,12-13,15H2,1-3H3,(H,23,26)(H2,22,24,25);1H. The van der Waals surface area contributed by atoms with Crippen LogP contribution in [0.15, 0.2) is 53.5 Å². The molecular formula is C21H29IN4O2. The fraction of sp³-hybridized carbons (Fsp3) is 0.333. The van der Waals surface area contributed by atoms with Gasteiger partial charge in [0.2, 0.25) is 0 Å². The third-order valence-electron chi connectivity index (χ3n) is 3.93. The molecule has 7 heteroatoms. The zero-order valence-electron chi connectivity index (χ0n) is 16.6. The minimum Gasteiger partial charge on any atom is -0.494 e. The molecule has 1 amide bonds. The average Bonchev–Trinajstić information content (AvgIpc) is 2.68. The van der Waals surface area contributed by atoms with Crippen molar-refractivity contribution in [3.63, 3.8) is 0 Å². The van der Waals surface area contributed by atoms with E-state index in [1.165, 1.54) is 0 Å². The van der Waals surface area contributed by atoms with Crippen molar-refractivity contribution in [1.29, 1.82) is 0 Å². The van der Waals surface area contributed by atoms with Crippen LogP contribution in [-0.2, 0) is 6.54 Å². The summed E-state index contributed by atoms with van der Waals surface area (Å²) < 4.78 is 5.63. The van der Waals surface area contributed by atoms with Gasteiger partial charge in [-0.15, -0.1) is 24.0 Å². The van der Waals surface area contributed by atoms with E-state index in [-0.39, 0.29) is 29.9 Å². The van der Waals surface area contributed by atoms with Crippen LogP contribution in [-0.4, -0.2) is 38.6 Å². The number of halogens is 1. The number of carbonyl (C=O) groups is 1. The Balaban J connectivity index is 0.00000392. The Morgan fingerprint density at radius 2 is 1.79 bits per heavy atom. The first-order valence-corrected chi connectivity index (χ1v) is 9.14. The number of hydrogen-bond acceptors (Lipinski definition) is 3. The zero-order valence-corrected chi connectivity index (χ0v) is 18.9. The average molecular weight is 496 g/mol. The normalized spacial score (nSPS) is 10.6. The van der Waals surface area contributed by atoms with Crippen molar-refractivity contribution >= 4 is 35.8 Å². The highest BCUT2D eigenvalue weighted by atomic mass is 127. The van der Waals surface area contributed by atoms with E-state index in [4.69, 9.17) is 4.74 Å². The summed E-state index contributed by atoms with van der Waals surface area (Å²) in [5.41, 5.74) is 2.80. The molecule has 0 saturated carbocycles. The van der Waals surface area contributed by atoms with Crippen molar-refractivity contribution in [3.8, 4) is 5.75 Å². The Bertz CT molecular complexity index is 781. The predicted molar refractivity (Wildman–Crippen MR) is 125 cm³/mol. The largest absolute Gasteiger partial charge is 0.494 e. The van der Waals surface area contributed by atoms with E-state index in [1.807, 2.05) is 62.4 Å². The second kappa shape index (κ2) is 13.0. The molecule has 152 valence electrons. The van der Waals surface area contributed by atoms with E-state index in [0.717, 1.165) is 16.9 Å². The van der Waals surface area contributed by atoms with Crippen LogP contribution in [0.5, 0.6) is 5.75 Å². The van der Waals surface area contributed by atoms with Gasteiger partial charge >= 0.3 is 0 Å². The highest BCUT2D eigenvalue weighted by molar-refractivity contribution is 14.0. The highest BCUT2D eigenvalue weighted by Gasteiger charge is 2.06. The second-order valence-corrected chi connectivity index (χ2v) is 6.02. The van der Waals surface area contributed by atoms with Crippen LogP contribution in [0.3, 0.4) is 0 Å². The Morgan fingerprint density at radius 3 is 2.50 bits per heavy atom. The molecule has 0 aromatic heterocycles. The van der Waals surface area contributed by atoms with Crippen LogP contribution in [0.4, 0.5) is 0 Å². The molecule has 6 nitrogen and oxygen atoms in total. The molecule has 0 radical (unpaired) electrons. The summed E-state index contributed by atoms with van der Waals surface area (Å²) in [6.07, 6.45) is 0. The molecule has 2 aromatic rings. The molecule has 0 saturated heterocycles. The first kappa shape index (κ1) is 23.7. The molecule has 0 atom stereocenters. The van der Waals surface area contributed by atoms with Crippen LogP contribution < -0.4 is 20.7 Å². The number of nitrogens with one attached hydrogen (secondary N) is 3. The van der Waals surface area contributed by atoms with E-state index < -0.39 is 0 Å². The van der Waals surface area contributed by atoms with Gasteiger partial charge in [0.15, 0.2) is 5.96 Å². The van der Waals surface area contributed by atoms with Crippen molar-refractivity contribution in [2.45, 2.75) is 20.4 Å². The first-order chi connectivity index (χ1) is 13.1. The number of aryl methyl sites for hydroxylation is 1. The van der Waals surface area contributed by atoms with Crippen molar-refractivity contribution < 1.29 is 9.53 Å². The van der Waals surface area contributed by atoms with Crippen LogP contribution in [0.25, 0.3) is 0 Å². The third-order valence-corrected chi connectivity index (χ3v) is 3.93. The number of nitrogens with zero attached hydrogens (tertiary/aromatic N) is 1. The van der Waals surface area contributed by atoms with Crippen molar-refractivity contribution in [2.24, 2.45) is 4.99 Å². The van der Waals surface area contributed by atoms with E-state index in [0.29, 0.717) is 37.8 Å². The van der Waals surface area contributed by atoms with Crippen LogP contribution in [0.1, 0.15) is 28.4 Å². The number of guanidine groups is 1. The maximum absolute atomic E-state index is 12.1. The molecule has 0 heterocycles. The Labute approximate surface area is 184 Å². The van der Waals surface area contributed by atoms with E-state index in [1.54, 1.807) is 7.05 Å². The van der Waals surface area contributed by atoms with Crippen LogP contribution in [0.2, 0.25) is 0 Å². The van der Waals surface area contributed by atoms with Gasteiger partial charge in [0.1, 0.15) is 5.75 Å². The summed E-state index contributed by atoms with van der Waals surface area (Å²) in [6.45, 7) is 6.25. The molecule has 0 aliphatic rings. The number of rotatable bonds is 8. The molecule has 2 aromatic carbocycles. The van der Waals surface area contributed by atoms with Gasteiger partial charge in [0.05, 0.1) is 6.61 Å². The summed E-state index contributed by atoms with van der Waals surface area (Å²) >= 11 is 0. The minimum atomic E-state index is -0.0749. The van der Waals surface area contributed by atoms with Crippen LogP contribution >= 0.6 is 24.0 Å². The van der Waals surface area contributed by atoms with Gasteiger partial charge in [-0.3, -0.25) is 9.79 Å². The maximum atomic E-state index is 12.1. The van der Waals surface area contributed by atoms with E-state index in [9.17, 15) is 4.79 Å². The fourth-order valence-electron chi connectivity index (χ4n) is 2.59. The number of para-hydroxylation sites is 1. The van der Waals surface area contributed by atoms with Gasteiger partial charge in [-0.05, 0) is 32.0 Å². The molecule has 28 heavy (non-hydrogen) atoms. The van der Waals surface area contributed by atoms with Crippen molar-refractivity contribution in [1.82, 2.24) is 16.0 Å².